The lowest BCUT2D eigenvalue weighted by molar-refractivity contribution is -0.148. The van der Waals surface area contributed by atoms with Crippen molar-refractivity contribution in [1.29, 1.82) is 0 Å². The SMILES string of the molecule is O=C(O)C1(CCSc2ccccc2)CCCC1. The summed E-state index contributed by atoms with van der Waals surface area (Å²) in [5.41, 5.74) is -0.429. The summed E-state index contributed by atoms with van der Waals surface area (Å²) in [7, 11) is 0. The Morgan fingerprint density at radius 3 is 2.47 bits per heavy atom. The van der Waals surface area contributed by atoms with Gasteiger partial charge in [0.2, 0.25) is 0 Å². The van der Waals surface area contributed by atoms with E-state index in [4.69, 9.17) is 0 Å². The molecule has 0 bridgehead atoms. The number of thioether (sulfide) groups is 1. The van der Waals surface area contributed by atoms with Crippen LogP contribution in [0.1, 0.15) is 32.1 Å². The summed E-state index contributed by atoms with van der Waals surface area (Å²) < 4.78 is 0. The first-order valence-electron chi connectivity index (χ1n) is 6.14. The van der Waals surface area contributed by atoms with Crippen molar-refractivity contribution in [2.75, 3.05) is 5.75 Å². The fourth-order valence-corrected chi connectivity index (χ4v) is 3.58. The molecule has 1 aromatic rings. The Kier molecular flexibility index (Phi) is 4.11. The van der Waals surface area contributed by atoms with Gasteiger partial charge < -0.3 is 5.11 Å². The van der Waals surface area contributed by atoms with Crippen molar-refractivity contribution < 1.29 is 9.90 Å². The van der Waals surface area contributed by atoms with E-state index in [-0.39, 0.29) is 0 Å². The number of hydrogen-bond acceptors (Lipinski definition) is 2. The van der Waals surface area contributed by atoms with Crippen LogP contribution in [-0.4, -0.2) is 16.8 Å². The lowest BCUT2D eigenvalue weighted by Gasteiger charge is -2.23. The summed E-state index contributed by atoms with van der Waals surface area (Å²) in [6, 6.07) is 10.2. The van der Waals surface area contributed by atoms with E-state index >= 15 is 0 Å². The Balaban J connectivity index is 1.87. The number of carboxylic acids is 1. The van der Waals surface area contributed by atoms with Gasteiger partial charge in [0.15, 0.2) is 0 Å². The zero-order valence-electron chi connectivity index (χ0n) is 9.89. The van der Waals surface area contributed by atoms with Crippen molar-refractivity contribution in [2.24, 2.45) is 5.41 Å². The third-order valence-electron chi connectivity index (χ3n) is 3.61. The van der Waals surface area contributed by atoms with Crippen LogP contribution in [-0.2, 0) is 4.79 Å². The molecule has 0 amide bonds. The third-order valence-corrected chi connectivity index (χ3v) is 4.62. The summed E-state index contributed by atoms with van der Waals surface area (Å²) in [5, 5.41) is 9.35. The highest BCUT2D eigenvalue weighted by Crippen LogP contribution is 2.42. The molecule has 3 heteroatoms. The lowest BCUT2D eigenvalue weighted by Crippen LogP contribution is -2.28. The predicted octanol–water partition coefficient (Wildman–Crippen LogP) is 3.81. The van der Waals surface area contributed by atoms with Crippen LogP contribution in [0.25, 0.3) is 0 Å². The molecule has 1 aromatic carbocycles. The van der Waals surface area contributed by atoms with Gasteiger partial charge in [-0.25, -0.2) is 0 Å². The molecular weight excluding hydrogens is 232 g/mol. The van der Waals surface area contributed by atoms with E-state index in [1.807, 2.05) is 18.2 Å². The molecule has 1 fully saturated rings. The smallest absolute Gasteiger partial charge is 0.309 e. The van der Waals surface area contributed by atoms with Gasteiger partial charge in [0.1, 0.15) is 0 Å². The minimum absolute atomic E-state index is 0.429. The quantitative estimate of drug-likeness (QED) is 0.807. The standard InChI is InChI=1S/C14H18O2S/c15-13(16)14(8-4-5-9-14)10-11-17-12-6-2-1-3-7-12/h1-3,6-7H,4-5,8-11H2,(H,15,16). The van der Waals surface area contributed by atoms with Crippen LogP contribution in [0.15, 0.2) is 35.2 Å². The highest BCUT2D eigenvalue weighted by Gasteiger charge is 2.40. The average Bonchev–Trinajstić information content (AvgIpc) is 2.80. The normalized spacial score (nSPS) is 18.1. The Bertz CT molecular complexity index is 369. The van der Waals surface area contributed by atoms with Crippen LogP contribution in [0.3, 0.4) is 0 Å². The van der Waals surface area contributed by atoms with E-state index in [0.717, 1.165) is 37.9 Å². The van der Waals surface area contributed by atoms with Gasteiger partial charge in [-0.05, 0) is 37.1 Å². The van der Waals surface area contributed by atoms with Crippen LogP contribution in [0.4, 0.5) is 0 Å². The topological polar surface area (TPSA) is 37.3 Å². The van der Waals surface area contributed by atoms with E-state index in [2.05, 4.69) is 12.1 Å². The van der Waals surface area contributed by atoms with Crippen LogP contribution in [0, 0.1) is 5.41 Å². The van der Waals surface area contributed by atoms with Gasteiger partial charge >= 0.3 is 5.97 Å². The minimum Gasteiger partial charge on any atom is -0.481 e. The average molecular weight is 250 g/mol. The highest BCUT2D eigenvalue weighted by molar-refractivity contribution is 7.99. The molecule has 0 aromatic heterocycles. The second-order valence-electron chi connectivity index (χ2n) is 4.70. The zero-order valence-corrected chi connectivity index (χ0v) is 10.7. The summed E-state index contributed by atoms with van der Waals surface area (Å²) in [5.74, 6) is 0.305. The molecule has 0 unspecified atom stereocenters. The van der Waals surface area contributed by atoms with Crippen LogP contribution in [0.5, 0.6) is 0 Å². The number of carboxylic acid groups (broad SMARTS) is 1. The Morgan fingerprint density at radius 2 is 1.88 bits per heavy atom. The number of benzene rings is 1. The highest BCUT2D eigenvalue weighted by atomic mass is 32.2. The molecule has 0 saturated heterocycles. The molecule has 2 nitrogen and oxygen atoms in total. The fraction of sp³-hybridized carbons (Fsp3) is 0.500. The largest absolute Gasteiger partial charge is 0.481 e. The first-order chi connectivity index (χ1) is 8.23. The summed E-state index contributed by atoms with van der Waals surface area (Å²) in [4.78, 5) is 12.6. The van der Waals surface area contributed by atoms with Crippen molar-refractivity contribution in [3.63, 3.8) is 0 Å². The Morgan fingerprint density at radius 1 is 1.24 bits per heavy atom. The molecule has 1 aliphatic rings. The first-order valence-corrected chi connectivity index (χ1v) is 7.13. The maximum Gasteiger partial charge on any atom is 0.309 e. The van der Waals surface area contributed by atoms with Crippen LogP contribution < -0.4 is 0 Å². The van der Waals surface area contributed by atoms with Crippen LogP contribution >= 0.6 is 11.8 Å². The van der Waals surface area contributed by atoms with Gasteiger partial charge in [-0.1, -0.05) is 31.0 Å². The molecule has 1 saturated carbocycles. The zero-order chi connectivity index (χ0) is 12.1. The Hall–Kier alpha value is -0.960. The molecule has 1 aliphatic carbocycles. The van der Waals surface area contributed by atoms with Crippen molar-refractivity contribution in [1.82, 2.24) is 0 Å². The monoisotopic (exact) mass is 250 g/mol. The van der Waals surface area contributed by atoms with Gasteiger partial charge in [0.05, 0.1) is 5.41 Å². The van der Waals surface area contributed by atoms with E-state index in [0.29, 0.717) is 0 Å². The van der Waals surface area contributed by atoms with E-state index in [1.165, 1.54) is 4.90 Å². The molecule has 0 heterocycles. The van der Waals surface area contributed by atoms with Crippen LogP contribution in [0.2, 0.25) is 0 Å². The summed E-state index contributed by atoms with van der Waals surface area (Å²) in [6.07, 6.45) is 4.65. The number of carbonyl (C=O) groups is 1. The van der Waals surface area contributed by atoms with Gasteiger partial charge in [0.25, 0.3) is 0 Å². The molecule has 0 atom stereocenters. The second-order valence-corrected chi connectivity index (χ2v) is 5.87. The lowest BCUT2D eigenvalue weighted by atomic mass is 9.84. The molecule has 2 rings (SSSR count). The molecule has 92 valence electrons. The van der Waals surface area contributed by atoms with Gasteiger partial charge in [-0.3, -0.25) is 4.79 Å². The molecule has 1 N–H and O–H groups in total. The predicted molar refractivity (Wildman–Crippen MR) is 70.3 cm³/mol. The van der Waals surface area contributed by atoms with Crippen molar-refractivity contribution in [3.05, 3.63) is 30.3 Å². The fourth-order valence-electron chi connectivity index (χ4n) is 2.50. The molecule has 17 heavy (non-hydrogen) atoms. The number of rotatable bonds is 5. The van der Waals surface area contributed by atoms with Gasteiger partial charge in [-0.15, -0.1) is 11.8 Å². The van der Waals surface area contributed by atoms with Crippen molar-refractivity contribution >= 4 is 17.7 Å². The van der Waals surface area contributed by atoms with Crippen molar-refractivity contribution in [2.45, 2.75) is 37.0 Å². The van der Waals surface area contributed by atoms with Gasteiger partial charge in [0, 0.05) is 4.90 Å². The number of aliphatic carboxylic acids is 1. The maximum atomic E-state index is 11.4. The first kappa shape index (κ1) is 12.5. The number of hydrogen-bond donors (Lipinski definition) is 1. The van der Waals surface area contributed by atoms with E-state index < -0.39 is 11.4 Å². The van der Waals surface area contributed by atoms with Crippen molar-refractivity contribution in [3.8, 4) is 0 Å². The summed E-state index contributed by atoms with van der Waals surface area (Å²) >= 11 is 1.76. The molecule has 0 radical (unpaired) electrons. The van der Waals surface area contributed by atoms with E-state index in [1.54, 1.807) is 11.8 Å². The van der Waals surface area contributed by atoms with E-state index in [9.17, 15) is 9.90 Å². The molecule has 0 spiro atoms. The maximum absolute atomic E-state index is 11.4. The van der Waals surface area contributed by atoms with Gasteiger partial charge in [-0.2, -0.15) is 0 Å². The molecule has 0 aliphatic heterocycles. The summed E-state index contributed by atoms with van der Waals surface area (Å²) in [6.45, 7) is 0. The minimum atomic E-state index is -0.594. The second kappa shape index (κ2) is 5.58. The molecular formula is C14H18O2S. The Labute approximate surface area is 106 Å². The third kappa shape index (κ3) is 3.03.